The number of aromatic nitrogens is 1. The molecule has 4 amide bonds. The normalized spacial score (nSPS) is 29.6. The second-order valence-electron chi connectivity index (χ2n) is 18.0. The number of rotatable bonds is 10. The first-order valence-electron chi connectivity index (χ1n) is 20.8. The number of pyridine rings is 1. The molecule has 0 radical (unpaired) electrons. The smallest absolute Gasteiger partial charge is 0.427 e. The number of amides is 4. The average molecular weight is 862 g/mol. The summed E-state index contributed by atoms with van der Waals surface area (Å²) in [7, 11) is -4.08. The van der Waals surface area contributed by atoms with E-state index in [9.17, 15) is 40.8 Å². The molecule has 18 heteroatoms. The largest absolute Gasteiger partial charge is 0.488 e. The highest BCUT2D eigenvalue weighted by atomic mass is 32.2. The van der Waals surface area contributed by atoms with Crippen LogP contribution in [0.1, 0.15) is 98.8 Å². The molecular formula is C42H54F3N5O9S. The van der Waals surface area contributed by atoms with E-state index in [1.807, 2.05) is 37.3 Å². The van der Waals surface area contributed by atoms with Crippen molar-refractivity contribution in [2.45, 2.75) is 145 Å². The van der Waals surface area contributed by atoms with E-state index in [1.54, 1.807) is 26.1 Å². The molecule has 7 rings (SSSR count). The van der Waals surface area contributed by atoms with Gasteiger partial charge in [-0.3, -0.25) is 19.1 Å². The molecule has 0 spiro atoms. The lowest BCUT2D eigenvalue weighted by atomic mass is 9.85. The van der Waals surface area contributed by atoms with E-state index in [-0.39, 0.29) is 37.3 Å². The molecule has 1 saturated heterocycles. The maximum atomic E-state index is 15.0. The number of carbonyl (C=O) groups excluding carboxylic acids is 4. The Balaban J connectivity index is 1.23. The van der Waals surface area contributed by atoms with Crippen molar-refractivity contribution in [1.29, 1.82) is 0 Å². The van der Waals surface area contributed by atoms with Gasteiger partial charge in [0.1, 0.15) is 29.5 Å². The van der Waals surface area contributed by atoms with Gasteiger partial charge in [-0.15, -0.1) is 0 Å². The molecule has 7 atom stereocenters. The molecule has 1 aromatic carbocycles. The number of benzene rings is 1. The highest BCUT2D eigenvalue weighted by molar-refractivity contribution is 7.91. The van der Waals surface area contributed by atoms with E-state index in [2.05, 4.69) is 20.3 Å². The zero-order valence-corrected chi connectivity index (χ0v) is 35.3. The first-order valence-corrected chi connectivity index (χ1v) is 22.3. The molecular weight excluding hydrogens is 808 g/mol. The van der Waals surface area contributed by atoms with Crippen molar-refractivity contribution in [3.05, 3.63) is 42.6 Å². The predicted molar refractivity (Wildman–Crippen MR) is 213 cm³/mol. The van der Waals surface area contributed by atoms with Crippen molar-refractivity contribution in [2.75, 3.05) is 6.54 Å². The van der Waals surface area contributed by atoms with Crippen molar-refractivity contribution in [3.63, 3.8) is 0 Å². The molecule has 14 nitrogen and oxygen atoms in total. The number of fused-ring (bicyclic) bond motifs is 3. The van der Waals surface area contributed by atoms with Crippen molar-refractivity contribution in [2.24, 2.45) is 17.8 Å². The Kier molecular flexibility index (Phi) is 11.6. The Bertz CT molecular complexity index is 2160. The van der Waals surface area contributed by atoms with Gasteiger partial charge in [-0.2, -0.15) is 13.2 Å². The zero-order valence-electron chi connectivity index (χ0n) is 34.5. The minimum absolute atomic E-state index is 0.0300. The molecule has 2 aliphatic heterocycles. The van der Waals surface area contributed by atoms with Gasteiger partial charge in [-0.1, -0.05) is 50.6 Å². The van der Waals surface area contributed by atoms with E-state index in [1.165, 1.54) is 4.90 Å². The average Bonchev–Trinajstić information content (AvgIpc) is 4.13. The Labute approximate surface area is 347 Å². The summed E-state index contributed by atoms with van der Waals surface area (Å²) in [6.45, 7) is 6.52. The van der Waals surface area contributed by atoms with Gasteiger partial charge < -0.3 is 29.7 Å². The highest BCUT2D eigenvalue weighted by Gasteiger charge is 2.63. The van der Waals surface area contributed by atoms with Crippen LogP contribution in [0.5, 0.6) is 11.6 Å². The van der Waals surface area contributed by atoms with Crippen LogP contribution in [0.25, 0.3) is 10.8 Å². The predicted octanol–water partition coefficient (Wildman–Crippen LogP) is 5.84. The minimum atomic E-state index is -4.91. The summed E-state index contributed by atoms with van der Waals surface area (Å²) in [5, 5.41) is 6.64. The van der Waals surface area contributed by atoms with Crippen molar-refractivity contribution in [3.8, 4) is 11.6 Å². The van der Waals surface area contributed by atoms with Crippen LogP contribution in [0, 0.1) is 17.8 Å². The summed E-state index contributed by atoms with van der Waals surface area (Å²) in [4.78, 5) is 62.6. The van der Waals surface area contributed by atoms with Crippen LogP contribution in [0.2, 0.25) is 0 Å². The van der Waals surface area contributed by atoms with Gasteiger partial charge in [0, 0.05) is 23.1 Å². The first kappa shape index (κ1) is 43.5. The molecule has 3 saturated carbocycles. The third kappa shape index (κ3) is 8.89. The molecule has 328 valence electrons. The fourth-order valence-corrected chi connectivity index (χ4v) is 9.43. The number of hydrogen-bond acceptors (Lipinski definition) is 10. The van der Waals surface area contributed by atoms with E-state index in [4.69, 9.17) is 14.2 Å². The van der Waals surface area contributed by atoms with Gasteiger partial charge in [0.25, 0.3) is 5.91 Å². The molecule has 60 heavy (non-hydrogen) atoms. The SMILES string of the molecule is CCC1CC(C)CCC=CC2CC2(C(=O)NS(=O)(=O)C2(C)CC2)NC(=O)C2CC(Oc3ncc(OC4CC4)c4ccccc34)CN2C(=O)C1NC(=O)OC(C)(C)C(F)(F)F. The molecule has 3 N–H and O–H groups in total. The van der Waals surface area contributed by atoms with Gasteiger partial charge >= 0.3 is 12.3 Å². The molecule has 3 aliphatic carbocycles. The summed E-state index contributed by atoms with van der Waals surface area (Å²) in [5.74, 6) is -2.77. The zero-order chi connectivity index (χ0) is 43.4. The Hall–Kier alpha value is -4.61. The number of hydrogen-bond donors (Lipinski definition) is 3. The second-order valence-corrected chi connectivity index (χ2v) is 20.2. The monoisotopic (exact) mass is 861 g/mol. The maximum Gasteiger partial charge on any atom is 0.427 e. The van der Waals surface area contributed by atoms with Gasteiger partial charge in [0.2, 0.25) is 33.3 Å². The van der Waals surface area contributed by atoms with Gasteiger partial charge in [0.05, 0.1) is 23.6 Å². The number of nitrogens with one attached hydrogen (secondary N) is 3. The molecule has 1 aromatic heterocycles. The lowest BCUT2D eigenvalue weighted by Crippen LogP contribution is -2.60. The first-order chi connectivity index (χ1) is 28.2. The van der Waals surface area contributed by atoms with Gasteiger partial charge in [-0.05, 0) is 90.0 Å². The number of sulfonamides is 1. The lowest BCUT2D eigenvalue weighted by Gasteiger charge is -2.35. The van der Waals surface area contributed by atoms with Crippen molar-refractivity contribution in [1.82, 2.24) is 25.2 Å². The number of halogens is 3. The summed E-state index contributed by atoms with van der Waals surface area (Å²) >= 11 is 0. The Morgan fingerprint density at radius 3 is 2.38 bits per heavy atom. The fraction of sp³-hybridized carbons (Fsp3) is 0.643. The quantitative estimate of drug-likeness (QED) is 0.246. The number of nitrogens with zero attached hydrogens (tertiary/aromatic N) is 2. The van der Waals surface area contributed by atoms with E-state index in [0.717, 1.165) is 18.2 Å². The number of alkyl carbamates (subject to hydrolysis) is 1. The van der Waals surface area contributed by atoms with Crippen LogP contribution in [-0.2, 0) is 29.1 Å². The Morgan fingerprint density at radius 2 is 1.73 bits per heavy atom. The van der Waals surface area contributed by atoms with E-state index < -0.39 is 85.9 Å². The second kappa shape index (κ2) is 16.0. The number of ether oxygens (including phenoxy) is 3. The topological polar surface area (TPSA) is 182 Å². The van der Waals surface area contributed by atoms with Gasteiger partial charge in [-0.25, -0.2) is 18.2 Å². The van der Waals surface area contributed by atoms with Crippen LogP contribution in [0.15, 0.2) is 42.6 Å². The highest BCUT2D eigenvalue weighted by Crippen LogP contribution is 2.48. The summed E-state index contributed by atoms with van der Waals surface area (Å²) in [5.41, 5.74) is -4.53. The summed E-state index contributed by atoms with van der Waals surface area (Å²) < 4.78 is 86.5. The number of alkyl halides is 3. The van der Waals surface area contributed by atoms with Crippen LogP contribution in [0.4, 0.5) is 18.0 Å². The van der Waals surface area contributed by atoms with Crippen LogP contribution >= 0.6 is 0 Å². The van der Waals surface area contributed by atoms with E-state index >= 15 is 0 Å². The minimum Gasteiger partial charge on any atom is -0.488 e. The summed E-state index contributed by atoms with van der Waals surface area (Å²) in [6, 6.07) is 4.60. The molecule has 3 heterocycles. The molecule has 7 unspecified atom stereocenters. The maximum absolute atomic E-state index is 15.0. The van der Waals surface area contributed by atoms with Crippen molar-refractivity contribution >= 4 is 44.6 Å². The Morgan fingerprint density at radius 1 is 1.03 bits per heavy atom. The lowest BCUT2D eigenvalue weighted by molar-refractivity contribution is -0.244. The number of carbonyl (C=O) groups is 4. The standard InChI is InChI=1S/C42H54F3N5O9S/c1-6-25-19-24(2)11-7-8-12-26-21-41(26,37(53)49-60(55,56)40(5)17-18-40)48-34(51)31-20-28(23-50(31)36(52)33(25)47-38(54)59-39(3,4)42(43,44)45)58-35-30-14-10-9-13-29(30)32(22-46-35)57-27-15-16-27/h8-10,12-14,22,24-28,31,33H,6-7,11,15-21,23H2,1-5H3,(H,47,54)(H,48,51)(H,49,53). The molecule has 4 fully saturated rings. The molecule has 2 aromatic rings. The summed E-state index contributed by atoms with van der Waals surface area (Å²) in [6.07, 6.45) is 2.65. The fourth-order valence-electron chi connectivity index (χ4n) is 8.11. The van der Waals surface area contributed by atoms with E-state index in [0.29, 0.717) is 63.5 Å². The van der Waals surface area contributed by atoms with Crippen LogP contribution in [0.3, 0.4) is 0 Å². The third-order valence-corrected chi connectivity index (χ3v) is 14.9. The van der Waals surface area contributed by atoms with Crippen molar-refractivity contribution < 1.29 is 55.0 Å². The number of allylic oxidation sites excluding steroid dienone is 1. The third-order valence-electron chi connectivity index (χ3n) is 12.7. The van der Waals surface area contributed by atoms with Gasteiger partial charge in [0.15, 0.2) is 0 Å². The molecule has 0 bridgehead atoms. The van der Waals surface area contributed by atoms with Crippen LogP contribution < -0.4 is 24.8 Å². The van der Waals surface area contributed by atoms with Crippen LogP contribution in [-0.4, -0.2) is 95.0 Å². The molecule has 5 aliphatic rings.